The van der Waals surface area contributed by atoms with E-state index < -0.39 is 5.97 Å². The lowest BCUT2D eigenvalue weighted by atomic mass is 10.6. The van der Waals surface area contributed by atoms with Gasteiger partial charge >= 0.3 is 5.97 Å². The molecular formula is C6H14N2O2. The van der Waals surface area contributed by atoms with Gasteiger partial charge in [-0.15, -0.1) is 0 Å². The SMILES string of the molecule is CN(C)CN(C)CC(=O)O. The van der Waals surface area contributed by atoms with E-state index in [1.165, 1.54) is 0 Å². The minimum Gasteiger partial charge on any atom is -0.480 e. The van der Waals surface area contributed by atoms with Gasteiger partial charge in [-0.3, -0.25) is 14.6 Å². The van der Waals surface area contributed by atoms with Crippen LogP contribution < -0.4 is 0 Å². The summed E-state index contributed by atoms with van der Waals surface area (Å²) in [6, 6.07) is 0. The molecule has 0 aliphatic carbocycles. The van der Waals surface area contributed by atoms with Gasteiger partial charge in [-0.2, -0.15) is 0 Å². The van der Waals surface area contributed by atoms with Gasteiger partial charge in [0.1, 0.15) is 0 Å². The van der Waals surface area contributed by atoms with Crippen LogP contribution in [0.5, 0.6) is 0 Å². The van der Waals surface area contributed by atoms with Crippen LogP contribution in [-0.4, -0.2) is 55.2 Å². The van der Waals surface area contributed by atoms with Crippen LogP contribution in [-0.2, 0) is 4.79 Å². The molecule has 10 heavy (non-hydrogen) atoms. The topological polar surface area (TPSA) is 43.8 Å². The van der Waals surface area contributed by atoms with Crippen molar-refractivity contribution in [3.63, 3.8) is 0 Å². The van der Waals surface area contributed by atoms with Gasteiger partial charge in [-0.25, -0.2) is 0 Å². The van der Waals surface area contributed by atoms with Crippen molar-refractivity contribution in [3.05, 3.63) is 0 Å². The van der Waals surface area contributed by atoms with Crippen molar-refractivity contribution in [1.82, 2.24) is 9.80 Å². The molecule has 0 fully saturated rings. The van der Waals surface area contributed by atoms with Gasteiger partial charge in [-0.1, -0.05) is 0 Å². The molecule has 0 spiro atoms. The van der Waals surface area contributed by atoms with E-state index in [4.69, 9.17) is 5.11 Å². The Morgan fingerprint density at radius 1 is 1.40 bits per heavy atom. The average Bonchev–Trinajstić information content (AvgIpc) is 1.58. The number of aliphatic carboxylic acids is 1. The Morgan fingerprint density at radius 2 is 1.90 bits per heavy atom. The molecule has 0 aromatic carbocycles. The van der Waals surface area contributed by atoms with E-state index in [0.717, 1.165) is 0 Å². The van der Waals surface area contributed by atoms with Gasteiger partial charge in [0.25, 0.3) is 0 Å². The zero-order valence-electron chi connectivity index (χ0n) is 6.66. The summed E-state index contributed by atoms with van der Waals surface area (Å²) in [5.74, 6) is -0.788. The lowest BCUT2D eigenvalue weighted by molar-refractivity contribution is -0.138. The second kappa shape index (κ2) is 4.24. The van der Waals surface area contributed by atoms with E-state index in [2.05, 4.69) is 0 Å². The molecule has 0 aliphatic rings. The third kappa shape index (κ3) is 5.53. The quantitative estimate of drug-likeness (QED) is 0.544. The minimum absolute atomic E-state index is 0.0954. The van der Waals surface area contributed by atoms with Gasteiger partial charge in [0.2, 0.25) is 0 Å². The summed E-state index contributed by atoms with van der Waals surface area (Å²) in [5.41, 5.74) is 0. The lowest BCUT2D eigenvalue weighted by Crippen LogP contribution is -2.34. The first-order valence-electron chi connectivity index (χ1n) is 3.07. The largest absolute Gasteiger partial charge is 0.480 e. The summed E-state index contributed by atoms with van der Waals surface area (Å²) in [7, 11) is 5.57. The molecule has 0 unspecified atom stereocenters. The van der Waals surface area contributed by atoms with E-state index in [0.29, 0.717) is 6.67 Å². The zero-order chi connectivity index (χ0) is 8.15. The second-order valence-electron chi connectivity index (χ2n) is 2.63. The fourth-order valence-corrected chi connectivity index (χ4v) is 0.764. The predicted octanol–water partition coefficient (Wildman–Crippen LogP) is -0.478. The highest BCUT2D eigenvalue weighted by Crippen LogP contribution is 1.82. The van der Waals surface area contributed by atoms with Crippen LogP contribution >= 0.6 is 0 Å². The maximum absolute atomic E-state index is 10.1. The summed E-state index contributed by atoms with van der Waals surface area (Å²) >= 11 is 0. The van der Waals surface area contributed by atoms with Gasteiger partial charge in [0.15, 0.2) is 0 Å². The number of hydrogen-bond donors (Lipinski definition) is 1. The Balaban J connectivity index is 3.43. The Morgan fingerprint density at radius 3 is 2.20 bits per heavy atom. The highest BCUT2D eigenvalue weighted by Gasteiger charge is 2.03. The van der Waals surface area contributed by atoms with Gasteiger partial charge in [-0.05, 0) is 21.1 Å². The summed E-state index contributed by atoms with van der Waals surface area (Å²) in [6.45, 7) is 0.768. The molecule has 4 nitrogen and oxygen atoms in total. The molecule has 0 saturated carbocycles. The molecule has 0 aromatic heterocycles. The van der Waals surface area contributed by atoms with Crippen molar-refractivity contribution in [2.75, 3.05) is 34.4 Å². The number of carbonyl (C=O) groups is 1. The second-order valence-corrected chi connectivity index (χ2v) is 2.63. The summed E-state index contributed by atoms with van der Waals surface area (Å²) < 4.78 is 0. The van der Waals surface area contributed by atoms with E-state index in [1.807, 2.05) is 19.0 Å². The zero-order valence-corrected chi connectivity index (χ0v) is 6.66. The summed E-state index contributed by atoms with van der Waals surface area (Å²) in [5, 5.41) is 8.34. The molecule has 0 amide bonds. The van der Waals surface area contributed by atoms with Crippen LogP contribution in [0.1, 0.15) is 0 Å². The van der Waals surface area contributed by atoms with Crippen LogP contribution in [0.2, 0.25) is 0 Å². The fourth-order valence-electron chi connectivity index (χ4n) is 0.764. The highest BCUT2D eigenvalue weighted by molar-refractivity contribution is 5.68. The van der Waals surface area contributed by atoms with E-state index in [9.17, 15) is 4.79 Å². The summed E-state index contributed by atoms with van der Waals surface area (Å²) in [4.78, 5) is 13.8. The van der Waals surface area contributed by atoms with Crippen LogP contribution in [0.25, 0.3) is 0 Å². The molecule has 0 rings (SSSR count). The molecule has 0 atom stereocenters. The smallest absolute Gasteiger partial charge is 0.317 e. The monoisotopic (exact) mass is 146 g/mol. The molecule has 0 aliphatic heterocycles. The lowest BCUT2D eigenvalue weighted by Gasteiger charge is -2.18. The van der Waals surface area contributed by atoms with Crippen molar-refractivity contribution in [1.29, 1.82) is 0 Å². The highest BCUT2D eigenvalue weighted by atomic mass is 16.4. The Hall–Kier alpha value is -0.610. The van der Waals surface area contributed by atoms with Crippen molar-refractivity contribution in [2.45, 2.75) is 0 Å². The molecule has 0 saturated heterocycles. The standard InChI is InChI=1S/C6H14N2O2/c1-7(2)5-8(3)4-6(9)10/h4-5H2,1-3H3,(H,9,10). The number of hydrogen-bond acceptors (Lipinski definition) is 3. The van der Waals surface area contributed by atoms with Crippen LogP contribution in [0, 0.1) is 0 Å². The molecule has 4 heteroatoms. The number of rotatable bonds is 4. The number of carboxylic acids is 1. The number of likely N-dealkylation sites (N-methyl/N-ethyl adjacent to an activating group) is 1. The molecule has 0 radical (unpaired) electrons. The van der Waals surface area contributed by atoms with E-state index in [-0.39, 0.29) is 6.54 Å². The Labute approximate surface area is 61.0 Å². The fraction of sp³-hybridized carbons (Fsp3) is 0.833. The molecule has 0 aromatic rings. The number of nitrogens with zero attached hydrogens (tertiary/aromatic N) is 2. The van der Waals surface area contributed by atoms with Gasteiger partial charge in [0.05, 0.1) is 13.2 Å². The average molecular weight is 146 g/mol. The van der Waals surface area contributed by atoms with Gasteiger partial charge in [0, 0.05) is 0 Å². The third-order valence-electron chi connectivity index (χ3n) is 0.929. The van der Waals surface area contributed by atoms with Crippen LogP contribution in [0.3, 0.4) is 0 Å². The molecule has 0 bridgehead atoms. The summed E-state index contributed by atoms with van der Waals surface area (Å²) in [6.07, 6.45) is 0. The first-order valence-corrected chi connectivity index (χ1v) is 3.07. The third-order valence-corrected chi connectivity index (χ3v) is 0.929. The maximum Gasteiger partial charge on any atom is 0.317 e. The van der Waals surface area contributed by atoms with Crippen molar-refractivity contribution in [3.8, 4) is 0 Å². The van der Waals surface area contributed by atoms with Crippen LogP contribution in [0.4, 0.5) is 0 Å². The molecule has 1 N–H and O–H groups in total. The number of carboxylic acid groups (broad SMARTS) is 1. The Kier molecular flexibility index (Phi) is 3.99. The predicted molar refractivity (Wildman–Crippen MR) is 38.8 cm³/mol. The minimum atomic E-state index is -0.788. The van der Waals surface area contributed by atoms with Crippen LogP contribution in [0.15, 0.2) is 0 Å². The maximum atomic E-state index is 10.1. The first kappa shape index (κ1) is 9.39. The molecule has 60 valence electrons. The normalized spacial score (nSPS) is 10.9. The van der Waals surface area contributed by atoms with Crippen molar-refractivity contribution >= 4 is 5.97 Å². The van der Waals surface area contributed by atoms with Crippen molar-refractivity contribution in [2.24, 2.45) is 0 Å². The van der Waals surface area contributed by atoms with E-state index in [1.54, 1.807) is 11.9 Å². The van der Waals surface area contributed by atoms with Gasteiger partial charge < -0.3 is 5.11 Å². The van der Waals surface area contributed by atoms with E-state index >= 15 is 0 Å². The molecular weight excluding hydrogens is 132 g/mol. The molecule has 0 heterocycles. The first-order chi connectivity index (χ1) is 4.52. The van der Waals surface area contributed by atoms with Crippen molar-refractivity contribution < 1.29 is 9.90 Å². The Bertz CT molecular complexity index is 114.